The van der Waals surface area contributed by atoms with E-state index in [1.807, 2.05) is 36.4 Å². The molecule has 1 aromatic carbocycles. The Morgan fingerprint density at radius 2 is 2.12 bits per heavy atom. The number of hydrogen-bond acceptors (Lipinski definition) is 8. The number of fused-ring (bicyclic) bond motifs is 1. The number of anilines is 2. The number of aliphatic imine (C=N–C) groups is 1. The highest BCUT2D eigenvalue weighted by Crippen LogP contribution is 2.35. The molecule has 0 saturated heterocycles. The number of carbonyl (C=O) groups is 1. The van der Waals surface area contributed by atoms with Gasteiger partial charge in [-0.15, -0.1) is 0 Å². The van der Waals surface area contributed by atoms with E-state index in [1.165, 1.54) is 0 Å². The highest BCUT2D eigenvalue weighted by atomic mass is 16.7. The molecule has 1 aromatic heterocycles. The van der Waals surface area contributed by atoms with Gasteiger partial charge in [0.2, 0.25) is 12.7 Å². The van der Waals surface area contributed by atoms with Crippen LogP contribution in [0.5, 0.6) is 11.5 Å². The van der Waals surface area contributed by atoms with Crippen LogP contribution in [-0.4, -0.2) is 47.9 Å². The monoisotopic (exact) mass is 325 g/mol. The summed E-state index contributed by atoms with van der Waals surface area (Å²) in [6.45, 7) is 0.823. The lowest BCUT2D eigenvalue weighted by atomic mass is 10.2. The van der Waals surface area contributed by atoms with E-state index >= 15 is 0 Å². The van der Waals surface area contributed by atoms with Gasteiger partial charge in [0.15, 0.2) is 17.8 Å². The summed E-state index contributed by atoms with van der Waals surface area (Å²) in [5.41, 5.74) is 1.79. The lowest BCUT2D eigenvalue weighted by Crippen LogP contribution is -2.21. The number of hydrogen-bond donors (Lipinski definition) is 1. The second-order valence-corrected chi connectivity index (χ2v) is 5.53. The molecule has 0 bridgehead atoms. The largest absolute Gasteiger partial charge is 0.454 e. The summed E-state index contributed by atoms with van der Waals surface area (Å²) >= 11 is 0. The smallest absolute Gasteiger partial charge is 0.231 e. The first-order valence-corrected chi connectivity index (χ1v) is 7.44. The fraction of sp³-hybridized carbons (Fsp3) is 0.250. The second-order valence-electron chi connectivity index (χ2n) is 5.53. The molecule has 0 spiro atoms. The molecule has 0 fully saturated rings. The Kier molecular flexibility index (Phi) is 3.58. The van der Waals surface area contributed by atoms with Gasteiger partial charge >= 0.3 is 0 Å². The first kappa shape index (κ1) is 14.6. The summed E-state index contributed by atoms with van der Waals surface area (Å²) in [7, 11) is 1.95. The highest BCUT2D eigenvalue weighted by molar-refractivity contribution is 5.75. The third-order valence-corrected chi connectivity index (χ3v) is 3.84. The number of rotatable bonds is 4. The van der Waals surface area contributed by atoms with Crippen molar-refractivity contribution in [3.63, 3.8) is 0 Å². The maximum atomic E-state index is 11.2. The van der Waals surface area contributed by atoms with Crippen LogP contribution in [0.3, 0.4) is 0 Å². The van der Waals surface area contributed by atoms with Crippen molar-refractivity contribution < 1.29 is 14.3 Å². The topological polar surface area (TPSA) is 88.9 Å². The van der Waals surface area contributed by atoms with Crippen LogP contribution in [0.2, 0.25) is 0 Å². The fourth-order valence-electron chi connectivity index (χ4n) is 2.64. The zero-order valence-corrected chi connectivity index (χ0v) is 13.0. The van der Waals surface area contributed by atoms with Crippen LogP contribution < -0.4 is 14.8 Å². The highest BCUT2D eigenvalue weighted by Gasteiger charge is 2.22. The summed E-state index contributed by atoms with van der Waals surface area (Å²) in [6.07, 6.45) is 2.53. The molecule has 4 rings (SSSR count). The van der Waals surface area contributed by atoms with Crippen molar-refractivity contribution in [2.24, 2.45) is 4.99 Å². The molecular weight excluding hydrogens is 310 g/mol. The molecular formula is C16H15N5O3. The van der Waals surface area contributed by atoms with Crippen LogP contribution in [0, 0.1) is 0 Å². The Morgan fingerprint density at radius 3 is 2.92 bits per heavy atom. The van der Waals surface area contributed by atoms with Crippen LogP contribution in [0.4, 0.5) is 11.6 Å². The molecule has 2 aromatic rings. The average Bonchev–Trinajstić information content (AvgIpc) is 3.22. The zero-order chi connectivity index (χ0) is 16.5. The second kappa shape index (κ2) is 5.89. The lowest BCUT2D eigenvalue weighted by Gasteiger charge is -2.17. The summed E-state index contributed by atoms with van der Waals surface area (Å²) < 4.78 is 10.6. The molecule has 8 heteroatoms. The number of benzene rings is 1. The summed E-state index contributed by atoms with van der Waals surface area (Å²) in [6, 6.07) is 7.07. The van der Waals surface area contributed by atoms with Crippen molar-refractivity contribution in [2.75, 3.05) is 25.8 Å². The summed E-state index contributed by atoms with van der Waals surface area (Å²) in [5, 5.41) is 3.11. The molecule has 0 radical (unpaired) electrons. The molecule has 8 nitrogen and oxygen atoms in total. The Morgan fingerprint density at radius 1 is 1.25 bits per heavy atom. The Bertz CT molecular complexity index is 823. The van der Waals surface area contributed by atoms with Crippen LogP contribution in [0.25, 0.3) is 0 Å². The number of ether oxygens (including phenoxy) is 2. The van der Waals surface area contributed by atoms with E-state index in [9.17, 15) is 4.79 Å². The molecule has 0 saturated carbocycles. The normalized spacial score (nSPS) is 18.8. The summed E-state index contributed by atoms with van der Waals surface area (Å²) in [4.78, 5) is 26.2. The van der Waals surface area contributed by atoms with Gasteiger partial charge in [-0.2, -0.15) is 0 Å². The molecule has 0 amide bonds. The minimum absolute atomic E-state index is 0.0657. The van der Waals surface area contributed by atoms with Crippen LogP contribution in [0.1, 0.15) is 22.2 Å². The van der Waals surface area contributed by atoms with Crippen molar-refractivity contribution in [3.05, 3.63) is 35.7 Å². The average molecular weight is 325 g/mol. The first-order chi connectivity index (χ1) is 11.7. The quantitative estimate of drug-likeness (QED) is 0.857. The van der Waals surface area contributed by atoms with Crippen molar-refractivity contribution in [3.8, 4) is 11.5 Å². The van der Waals surface area contributed by atoms with Crippen molar-refractivity contribution in [1.29, 1.82) is 0 Å². The van der Waals surface area contributed by atoms with Crippen molar-refractivity contribution in [2.45, 2.75) is 6.04 Å². The molecule has 1 unspecified atom stereocenters. The van der Waals surface area contributed by atoms with E-state index < -0.39 is 0 Å². The van der Waals surface area contributed by atoms with E-state index in [0.29, 0.717) is 36.1 Å². The lowest BCUT2D eigenvalue weighted by molar-refractivity contribution is 0.111. The number of aromatic nitrogens is 2. The zero-order valence-electron chi connectivity index (χ0n) is 13.0. The van der Waals surface area contributed by atoms with E-state index in [2.05, 4.69) is 20.3 Å². The van der Waals surface area contributed by atoms with Gasteiger partial charge in [-0.05, 0) is 25.2 Å². The van der Waals surface area contributed by atoms with Gasteiger partial charge in [0.25, 0.3) is 0 Å². The van der Waals surface area contributed by atoms with Gasteiger partial charge in [-0.1, -0.05) is 0 Å². The first-order valence-electron chi connectivity index (χ1n) is 7.44. The van der Waals surface area contributed by atoms with Gasteiger partial charge < -0.3 is 14.8 Å². The molecule has 24 heavy (non-hydrogen) atoms. The third-order valence-electron chi connectivity index (χ3n) is 3.84. The van der Waals surface area contributed by atoms with Crippen LogP contribution in [0.15, 0.2) is 29.3 Å². The van der Waals surface area contributed by atoms with Gasteiger partial charge in [-0.3, -0.25) is 14.7 Å². The molecule has 122 valence electrons. The Balaban J connectivity index is 1.65. The SMILES string of the molecule is CN1CN=CC1c1cc(C=O)nc(Nc2ccc3c(c2)OCO3)n1. The van der Waals surface area contributed by atoms with E-state index in [-0.39, 0.29) is 12.8 Å². The van der Waals surface area contributed by atoms with Gasteiger partial charge in [-0.25, -0.2) is 9.97 Å². The number of nitrogens with one attached hydrogen (secondary N) is 1. The molecule has 2 aliphatic heterocycles. The van der Waals surface area contributed by atoms with Gasteiger partial charge in [0, 0.05) is 18.0 Å². The minimum Gasteiger partial charge on any atom is -0.454 e. The molecule has 2 aliphatic rings. The van der Waals surface area contributed by atoms with Crippen molar-refractivity contribution >= 4 is 24.1 Å². The maximum Gasteiger partial charge on any atom is 0.231 e. The molecule has 0 aliphatic carbocycles. The standard InChI is InChI=1S/C16H15N5O3/c1-21-8-17-6-13(21)12-4-11(7-22)19-16(20-12)18-10-2-3-14-15(5-10)24-9-23-14/h2-7,13H,8-9H2,1H3,(H,18,19,20). The van der Waals surface area contributed by atoms with E-state index in [1.54, 1.807) is 6.07 Å². The van der Waals surface area contributed by atoms with Crippen LogP contribution in [-0.2, 0) is 0 Å². The number of nitrogens with zero attached hydrogens (tertiary/aromatic N) is 4. The fourth-order valence-corrected chi connectivity index (χ4v) is 2.64. The molecule has 1 N–H and O–H groups in total. The van der Waals surface area contributed by atoms with E-state index in [0.717, 1.165) is 11.4 Å². The Hall–Kier alpha value is -3.00. The number of carbonyl (C=O) groups excluding carboxylic acids is 1. The predicted octanol–water partition coefficient (Wildman–Crippen LogP) is 1.78. The van der Waals surface area contributed by atoms with Crippen molar-refractivity contribution in [1.82, 2.24) is 14.9 Å². The Labute approximate surface area is 138 Å². The molecule has 1 atom stereocenters. The predicted molar refractivity (Wildman–Crippen MR) is 87.1 cm³/mol. The van der Waals surface area contributed by atoms with E-state index in [4.69, 9.17) is 9.47 Å². The minimum atomic E-state index is -0.0657. The summed E-state index contributed by atoms with van der Waals surface area (Å²) in [5.74, 6) is 1.71. The number of aldehydes is 1. The van der Waals surface area contributed by atoms with Gasteiger partial charge in [0.05, 0.1) is 18.4 Å². The maximum absolute atomic E-state index is 11.2. The van der Waals surface area contributed by atoms with Gasteiger partial charge in [0.1, 0.15) is 5.69 Å². The van der Waals surface area contributed by atoms with Crippen LogP contribution >= 0.6 is 0 Å². The third kappa shape index (κ3) is 2.67. The molecule has 3 heterocycles.